The molecule has 0 aromatic heterocycles. The summed E-state index contributed by atoms with van der Waals surface area (Å²) in [5.41, 5.74) is 0.564. The lowest BCUT2D eigenvalue weighted by atomic mass is 10.1. The Labute approximate surface area is 81.6 Å². The Hall–Kier alpha value is -2.07. The number of nitrogens with zero attached hydrogens (tertiary/aromatic N) is 3. The highest BCUT2D eigenvalue weighted by Crippen LogP contribution is 2.21. The Morgan fingerprint density at radius 2 is 1.64 bits per heavy atom. The molecule has 1 aromatic rings. The molecule has 0 fully saturated rings. The van der Waals surface area contributed by atoms with Crippen LogP contribution >= 0.6 is 0 Å². The van der Waals surface area contributed by atoms with E-state index >= 15 is 0 Å². The molecule has 3 nitrogen and oxygen atoms in total. The van der Waals surface area contributed by atoms with E-state index in [0.717, 1.165) is 6.07 Å². The van der Waals surface area contributed by atoms with Crippen molar-refractivity contribution in [1.82, 2.24) is 0 Å². The molecular formula is C10H8FN3. The normalized spacial score (nSPS) is 8.93. The monoisotopic (exact) mass is 189 g/mol. The predicted octanol–water partition coefficient (Wildman–Crippen LogP) is 1.64. The maximum absolute atomic E-state index is 13.3. The highest BCUT2D eigenvalue weighted by atomic mass is 19.1. The van der Waals surface area contributed by atoms with Gasteiger partial charge in [-0.1, -0.05) is 0 Å². The van der Waals surface area contributed by atoms with Gasteiger partial charge in [-0.25, -0.2) is 4.39 Å². The summed E-state index contributed by atoms with van der Waals surface area (Å²) in [6.07, 6.45) is 0. The fourth-order valence-corrected chi connectivity index (χ4v) is 1.09. The summed E-state index contributed by atoms with van der Waals surface area (Å²) in [4.78, 5) is 1.55. The van der Waals surface area contributed by atoms with Crippen molar-refractivity contribution in [3.05, 3.63) is 29.1 Å². The maximum Gasteiger partial charge on any atom is 0.147 e. The third-order valence-electron chi connectivity index (χ3n) is 1.81. The molecule has 0 aliphatic rings. The van der Waals surface area contributed by atoms with Gasteiger partial charge in [-0.2, -0.15) is 10.5 Å². The fraction of sp³-hybridized carbons (Fsp3) is 0.200. The van der Waals surface area contributed by atoms with E-state index in [1.54, 1.807) is 25.1 Å². The molecule has 0 saturated carbocycles. The summed E-state index contributed by atoms with van der Waals surface area (Å²) in [6.45, 7) is 0. The Morgan fingerprint density at radius 1 is 1.14 bits per heavy atom. The fourth-order valence-electron chi connectivity index (χ4n) is 1.09. The van der Waals surface area contributed by atoms with Crippen LogP contribution in [0.5, 0.6) is 0 Å². The van der Waals surface area contributed by atoms with Crippen LogP contribution in [-0.4, -0.2) is 14.1 Å². The summed E-state index contributed by atoms with van der Waals surface area (Å²) in [6, 6.07) is 6.07. The van der Waals surface area contributed by atoms with E-state index in [9.17, 15) is 4.39 Å². The molecule has 1 aromatic carbocycles. The average Bonchev–Trinajstić information content (AvgIpc) is 2.16. The second kappa shape index (κ2) is 3.76. The quantitative estimate of drug-likeness (QED) is 0.674. The molecule has 0 saturated heterocycles. The van der Waals surface area contributed by atoms with Crippen LogP contribution in [0.25, 0.3) is 0 Å². The van der Waals surface area contributed by atoms with Crippen LogP contribution in [0.2, 0.25) is 0 Å². The van der Waals surface area contributed by atoms with Crippen molar-refractivity contribution in [2.24, 2.45) is 0 Å². The predicted molar refractivity (Wildman–Crippen MR) is 50.2 cm³/mol. The molecule has 1 rings (SSSR count). The molecule has 0 unspecified atom stereocenters. The lowest BCUT2D eigenvalue weighted by Gasteiger charge is -2.13. The van der Waals surface area contributed by atoms with Gasteiger partial charge in [0.05, 0.1) is 16.8 Å². The van der Waals surface area contributed by atoms with Gasteiger partial charge in [0.25, 0.3) is 0 Å². The van der Waals surface area contributed by atoms with Gasteiger partial charge in [-0.3, -0.25) is 0 Å². The molecule has 0 aliphatic carbocycles. The van der Waals surface area contributed by atoms with E-state index in [4.69, 9.17) is 10.5 Å². The van der Waals surface area contributed by atoms with Crippen LogP contribution in [-0.2, 0) is 0 Å². The van der Waals surface area contributed by atoms with E-state index in [1.807, 2.05) is 6.07 Å². The zero-order chi connectivity index (χ0) is 10.7. The third-order valence-corrected chi connectivity index (χ3v) is 1.81. The first-order valence-corrected chi connectivity index (χ1v) is 3.91. The van der Waals surface area contributed by atoms with Crippen LogP contribution in [0.15, 0.2) is 12.1 Å². The standard InChI is InChI=1S/C10H8FN3/c1-14(2)10-4-8(6-13)7(5-12)3-9(10)11/h3-4H,1-2H3. The molecule has 0 radical (unpaired) electrons. The molecule has 0 amide bonds. The van der Waals surface area contributed by atoms with E-state index in [1.165, 1.54) is 6.07 Å². The minimum Gasteiger partial charge on any atom is -0.375 e. The molecule has 0 N–H and O–H groups in total. The van der Waals surface area contributed by atoms with E-state index in [-0.39, 0.29) is 11.1 Å². The number of halogens is 1. The summed E-state index contributed by atoms with van der Waals surface area (Å²) in [5.74, 6) is -0.495. The molecule has 0 heterocycles. The lowest BCUT2D eigenvalue weighted by molar-refractivity contribution is 0.625. The van der Waals surface area contributed by atoms with Gasteiger partial charge >= 0.3 is 0 Å². The number of nitriles is 2. The zero-order valence-electron chi connectivity index (χ0n) is 7.87. The van der Waals surface area contributed by atoms with Crippen molar-refractivity contribution in [2.75, 3.05) is 19.0 Å². The maximum atomic E-state index is 13.3. The second-order valence-electron chi connectivity index (χ2n) is 2.97. The van der Waals surface area contributed by atoms with Crippen molar-refractivity contribution in [1.29, 1.82) is 10.5 Å². The largest absolute Gasteiger partial charge is 0.375 e. The summed E-state index contributed by atoms with van der Waals surface area (Å²) in [7, 11) is 3.34. The topological polar surface area (TPSA) is 50.8 Å². The zero-order valence-corrected chi connectivity index (χ0v) is 7.87. The molecule has 0 bridgehead atoms. The van der Waals surface area contributed by atoms with Crippen LogP contribution in [0.4, 0.5) is 10.1 Å². The van der Waals surface area contributed by atoms with Gasteiger partial charge in [0.1, 0.15) is 18.0 Å². The highest BCUT2D eigenvalue weighted by Gasteiger charge is 2.10. The van der Waals surface area contributed by atoms with E-state index < -0.39 is 5.82 Å². The van der Waals surface area contributed by atoms with Crippen LogP contribution in [0.1, 0.15) is 11.1 Å². The lowest BCUT2D eigenvalue weighted by Crippen LogP contribution is -2.11. The summed E-state index contributed by atoms with van der Waals surface area (Å²) < 4.78 is 13.3. The number of benzene rings is 1. The van der Waals surface area contributed by atoms with Crippen LogP contribution in [0, 0.1) is 28.5 Å². The van der Waals surface area contributed by atoms with Crippen molar-refractivity contribution in [3.63, 3.8) is 0 Å². The van der Waals surface area contributed by atoms with Gasteiger partial charge in [0.2, 0.25) is 0 Å². The van der Waals surface area contributed by atoms with Gasteiger partial charge in [0.15, 0.2) is 0 Å². The first-order chi connectivity index (χ1) is 6.60. The van der Waals surface area contributed by atoms with Crippen molar-refractivity contribution in [2.45, 2.75) is 0 Å². The molecule has 70 valence electrons. The Morgan fingerprint density at radius 3 is 2.07 bits per heavy atom. The molecule has 14 heavy (non-hydrogen) atoms. The molecular weight excluding hydrogens is 181 g/mol. The van der Waals surface area contributed by atoms with Gasteiger partial charge in [-0.05, 0) is 12.1 Å². The van der Waals surface area contributed by atoms with Crippen LogP contribution in [0.3, 0.4) is 0 Å². The third kappa shape index (κ3) is 1.65. The number of rotatable bonds is 1. The first kappa shape index (κ1) is 10.0. The average molecular weight is 189 g/mol. The Balaban J connectivity index is 3.42. The van der Waals surface area contributed by atoms with E-state index in [0.29, 0.717) is 5.69 Å². The van der Waals surface area contributed by atoms with Gasteiger partial charge < -0.3 is 4.90 Å². The minimum atomic E-state index is -0.495. The van der Waals surface area contributed by atoms with Crippen LogP contribution < -0.4 is 4.90 Å². The van der Waals surface area contributed by atoms with Crippen molar-refractivity contribution in [3.8, 4) is 12.1 Å². The first-order valence-electron chi connectivity index (χ1n) is 3.91. The Kier molecular flexibility index (Phi) is 2.69. The van der Waals surface area contributed by atoms with Crippen molar-refractivity contribution < 1.29 is 4.39 Å². The Bertz CT molecular complexity index is 438. The minimum absolute atomic E-state index is 0.0654. The van der Waals surface area contributed by atoms with Gasteiger partial charge in [-0.15, -0.1) is 0 Å². The number of hydrogen-bond acceptors (Lipinski definition) is 3. The SMILES string of the molecule is CN(C)c1cc(C#N)c(C#N)cc1F. The highest BCUT2D eigenvalue weighted by molar-refractivity contribution is 5.57. The number of hydrogen-bond donors (Lipinski definition) is 0. The van der Waals surface area contributed by atoms with Gasteiger partial charge in [0, 0.05) is 14.1 Å². The smallest absolute Gasteiger partial charge is 0.147 e. The van der Waals surface area contributed by atoms with Crippen molar-refractivity contribution >= 4 is 5.69 Å². The second-order valence-corrected chi connectivity index (χ2v) is 2.97. The van der Waals surface area contributed by atoms with E-state index in [2.05, 4.69) is 0 Å². The molecule has 4 heteroatoms. The molecule has 0 spiro atoms. The summed E-state index contributed by atoms with van der Waals surface area (Å²) in [5, 5.41) is 17.3. The number of anilines is 1. The summed E-state index contributed by atoms with van der Waals surface area (Å²) >= 11 is 0. The molecule has 0 atom stereocenters. The molecule has 0 aliphatic heterocycles.